The first-order valence-electron chi connectivity index (χ1n) is 8.40. The first-order valence-corrected chi connectivity index (χ1v) is 9.66. The fourth-order valence-corrected chi connectivity index (χ4v) is 3.80. The number of rotatable bonds is 4. The van der Waals surface area contributed by atoms with Crippen LogP contribution < -0.4 is 0 Å². The second-order valence-electron chi connectivity index (χ2n) is 6.63. The quantitative estimate of drug-likeness (QED) is 0.573. The molecule has 1 aromatic carbocycles. The van der Waals surface area contributed by atoms with Gasteiger partial charge in [0.05, 0.1) is 18.6 Å². The van der Waals surface area contributed by atoms with E-state index in [0.29, 0.717) is 18.2 Å². The fourth-order valence-electron chi connectivity index (χ4n) is 2.89. The molecule has 0 aliphatic rings. The van der Waals surface area contributed by atoms with Crippen LogP contribution in [0.15, 0.2) is 35.7 Å². The largest absolute Gasteiger partial charge is 0.331 e. The standard InChI is InChI=1S/C20H22ClN3OS/c1-13-7-8-15-10-16(19(21)22-18(15)14(13)2)11-24(20(25)23(3)4)12-17-6-5-9-26-17/h5-10H,11-12H2,1-4H3. The molecule has 2 amide bonds. The lowest BCUT2D eigenvalue weighted by Gasteiger charge is -2.26. The summed E-state index contributed by atoms with van der Waals surface area (Å²) in [7, 11) is 3.52. The Morgan fingerprint density at radius 2 is 1.96 bits per heavy atom. The molecule has 3 aromatic rings. The predicted molar refractivity (Wildman–Crippen MR) is 109 cm³/mol. The molecule has 0 aliphatic carbocycles. The van der Waals surface area contributed by atoms with Gasteiger partial charge in [0, 0.05) is 29.9 Å². The first-order chi connectivity index (χ1) is 12.4. The molecule has 0 fully saturated rings. The Balaban J connectivity index is 1.96. The Morgan fingerprint density at radius 1 is 1.19 bits per heavy atom. The lowest BCUT2D eigenvalue weighted by atomic mass is 10.0. The molecule has 2 aromatic heterocycles. The number of thiophene rings is 1. The molecule has 2 heterocycles. The molecular weight excluding hydrogens is 366 g/mol. The fraction of sp³-hybridized carbons (Fsp3) is 0.300. The summed E-state index contributed by atoms with van der Waals surface area (Å²) in [6.45, 7) is 5.09. The van der Waals surface area contributed by atoms with E-state index >= 15 is 0 Å². The lowest BCUT2D eigenvalue weighted by Crippen LogP contribution is -2.38. The third-order valence-electron chi connectivity index (χ3n) is 4.48. The molecule has 0 bridgehead atoms. The van der Waals surface area contributed by atoms with Gasteiger partial charge in [-0.05, 0) is 42.5 Å². The molecule has 0 saturated carbocycles. The van der Waals surface area contributed by atoms with Crippen LogP contribution in [0.3, 0.4) is 0 Å². The minimum atomic E-state index is -0.0466. The maximum Gasteiger partial charge on any atom is 0.320 e. The summed E-state index contributed by atoms with van der Waals surface area (Å²) in [6, 6.07) is 10.2. The SMILES string of the molecule is Cc1ccc2cc(CN(Cc3cccs3)C(=O)N(C)C)c(Cl)nc2c1C. The molecule has 0 aliphatic heterocycles. The van der Waals surface area contributed by atoms with Crippen LogP contribution in [0.5, 0.6) is 0 Å². The summed E-state index contributed by atoms with van der Waals surface area (Å²) >= 11 is 8.12. The van der Waals surface area contributed by atoms with E-state index in [1.54, 1.807) is 35.2 Å². The Labute approximate surface area is 163 Å². The molecule has 0 radical (unpaired) electrons. The zero-order valence-corrected chi connectivity index (χ0v) is 17.0. The number of amides is 2. The average molecular weight is 388 g/mol. The number of urea groups is 1. The maximum absolute atomic E-state index is 12.6. The van der Waals surface area contributed by atoms with E-state index in [2.05, 4.69) is 31.0 Å². The molecule has 26 heavy (non-hydrogen) atoms. The number of halogens is 1. The van der Waals surface area contributed by atoms with Gasteiger partial charge in [0.25, 0.3) is 0 Å². The topological polar surface area (TPSA) is 36.4 Å². The van der Waals surface area contributed by atoms with Crippen molar-refractivity contribution in [3.05, 3.63) is 62.4 Å². The summed E-state index contributed by atoms with van der Waals surface area (Å²) < 4.78 is 0. The van der Waals surface area contributed by atoms with Gasteiger partial charge < -0.3 is 9.80 Å². The Hall–Kier alpha value is -2.11. The van der Waals surface area contributed by atoms with Gasteiger partial charge in [-0.3, -0.25) is 0 Å². The zero-order chi connectivity index (χ0) is 18.8. The number of benzene rings is 1. The van der Waals surface area contributed by atoms with Crippen molar-refractivity contribution >= 4 is 39.9 Å². The van der Waals surface area contributed by atoms with Crippen LogP contribution in [0.2, 0.25) is 5.15 Å². The average Bonchev–Trinajstić information content (AvgIpc) is 3.11. The Morgan fingerprint density at radius 3 is 2.62 bits per heavy atom. The van der Waals surface area contributed by atoms with Crippen molar-refractivity contribution in [3.63, 3.8) is 0 Å². The van der Waals surface area contributed by atoms with Crippen molar-refractivity contribution in [2.45, 2.75) is 26.9 Å². The molecule has 0 spiro atoms. The van der Waals surface area contributed by atoms with Crippen LogP contribution in [0.25, 0.3) is 10.9 Å². The number of carbonyl (C=O) groups excluding carboxylic acids is 1. The summed E-state index contributed by atoms with van der Waals surface area (Å²) in [5.41, 5.74) is 4.10. The highest BCUT2D eigenvalue weighted by molar-refractivity contribution is 7.09. The molecule has 0 unspecified atom stereocenters. The number of hydrogen-bond donors (Lipinski definition) is 0. The van der Waals surface area contributed by atoms with E-state index in [-0.39, 0.29) is 6.03 Å². The number of aromatic nitrogens is 1. The number of hydrogen-bond acceptors (Lipinski definition) is 3. The molecule has 0 atom stereocenters. The number of pyridine rings is 1. The lowest BCUT2D eigenvalue weighted by molar-refractivity contribution is 0.166. The highest BCUT2D eigenvalue weighted by Gasteiger charge is 2.19. The van der Waals surface area contributed by atoms with Crippen LogP contribution in [-0.4, -0.2) is 34.9 Å². The van der Waals surface area contributed by atoms with Crippen molar-refractivity contribution in [1.82, 2.24) is 14.8 Å². The minimum absolute atomic E-state index is 0.0466. The molecule has 0 saturated heterocycles. The molecule has 3 rings (SSSR count). The summed E-state index contributed by atoms with van der Waals surface area (Å²) in [5, 5.41) is 3.51. The number of aryl methyl sites for hydroxylation is 2. The van der Waals surface area contributed by atoms with Crippen LogP contribution in [0.1, 0.15) is 21.6 Å². The van der Waals surface area contributed by atoms with Gasteiger partial charge in [0.15, 0.2) is 0 Å². The van der Waals surface area contributed by atoms with Gasteiger partial charge in [-0.25, -0.2) is 9.78 Å². The maximum atomic E-state index is 12.6. The third kappa shape index (κ3) is 3.84. The third-order valence-corrected chi connectivity index (χ3v) is 5.67. The van der Waals surface area contributed by atoms with Crippen molar-refractivity contribution in [2.75, 3.05) is 14.1 Å². The summed E-state index contributed by atoms with van der Waals surface area (Å²) in [5.74, 6) is 0. The first kappa shape index (κ1) is 18.7. The van der Waals surface area contributed by atoms with Gasteiger partial charge >= 0.3 is 6.03 Å². The van der Waals surface area contributed by atoms with Gasteiger partial charge in [-0.2, -0.15) is 0 Å². The van der Waals surface area contributed by atoms with Crippen LogP contribution in [0, 0.1) is 13.8 Å². The zero-order valence-electron chi connectivity index (χ0n) is 15.4. The minimum Gasteiger partial charge on any atom is -0.331 e. The van der Waals surface area contributed by atoms with Crippen LogP contribution in [-0.2, 0) is 13.1 Å². The monoisotopic (exact) mass is 387 g/mol. The molecular formula is C20H22ClN3OS. The highest BCUT2D eigenvalue weighted by Crippen LogP contribution is 2.26. The summed E-state index contributed by atoms with van der Waals surface area (Å²) in [4.78, 5) is 21.8. The Kier molecular flexibility index (Phi) is 5.49. The van der Waals surface area contributed by atoms with E-state index in [4.69, 9.17) is 11.6 Å². The second-order valence-corrected chi connectivity index (χ2v) is 8.02. The smallest absolute Gasteiger partial charge is 0.320 e. The van der Waals surface area contributed by atoms with Gasteiger partial charge in [0.2, 0.25) is 0 Å². The predicted octanol–water partition coefficient (Wildman–Crippen LogP) is 5.25. The molecule has 0 N–H and O–H groups in total. The van der Waals surface area contributed by atoms with Gasteiger partial charge in [-0.15, -0.1) is 11.3 Å². The van der Waals surface area contributed by atoms with E-state index in [1.165, 1.54) is 5.56 Å². The van der Waals surface area contributed by atoms with Crippen molar-refractivity contribution in [2.24, 2.45) is 0 Å². The molecule has 136 valence electrons. The molecule has 4 nitrogen and oxygen atoms in total. The number of carbonyl (C=O) groups is 1. The van der Waals surface area contributed by atoms with E-state index < -0.39 is 0 Å². The number of fused-ring (bicyclic) bond motifs is 1. The highest BCUT2D eigenvalue weighted by atomic mass is 35.5. The normalized spacial score (nSPS) is 11.0. The van der Waals surface area contributed by atoms with Crippen LogP contribution in [0.4, 0.5) is 4.79 Å². The molecule has 6 heteroatoms. The van der Waals surface area contributed by atoms with E-state index in [9.17, 15) is 4.79 Å². The van der Waals surface area contributed by atoms with Gasteiger partial charge in [0.1, 0.15) is 5.15 Å². The van der Waals surface area contributed by atoms with E-state index in [0.717, 1.165) is 26.9 Å². The van der Waals surface area contributed by atoms with Crippen molar-refractivity contribution in [3.8, 4) is 0 Å². The van der Waals surface area contributed by atoms with E-state index in [1.807, 2.05) is 23.6 Å². The van der Waals surface area contributed by atoms with Crippen molar-refractivity contribution < 1.29 is 4.79 Å². The number of nitrogens with zero attached hydrogens (tertiary/aromatic N) is 3. The Bertz CT molecular complexity index is 938. The summed E-state index contributed by atoms with van der Waals surface area (Å²) in [6.07, 6.45) is 0. The van der Waals surface area contributed by atoms with Gasteiger partial charge in [-0.1, -0.05) is 29.8 Å². The van der Waals surface area contributed by atoms with Crippen molar-refractivity contribution in [1.29, 1.82) is 0 Å². The second kappa shape index (κ2) is 7.64. The van der Waals surface area contributed by atoms with Crippen LogP contribution >= 0.6 is 22.9 Å².